The molecule has 2 nitrogen and oxygen atoms in total. The molecular weight excluding hydrogens is 122 g/mol. The lowest BCUT2D eigenvalue weighted by atomic mass is 10.2. The van der Waals surface area contributed by atoms with E-state index in [1.807, 2.05) is 6.92 Å². The van der Waals surface area contributed by atoms with Gasteiger partial charge in [0, 0.05) is 0 Å². The fourth-order valence-electron chi connectivity index (χ4n) is 0.357. The zero-order valence-electron chi connectivity index (χ0n) is 4.77. The summed E-state index contributed by atoms with van der Waals surface area (Å²) in [6.45, 7) is 1.92. The zero-order chi connectivity index (χ0) is 6.57. The minimum absolute atomic E-state index is 0.107. The molecule has 0 aromatic carbocycles. The molecule has 0 aliphatic rings. The summed E-state index contributed by atoms with van der Waals surface area (Å²) in [5.41, 5.74) is 0.107. The van der Waals surface area contributed by atoms with Crippen LogP contribution < -0.4 is 0 Å². The van der Waals surface area contributed by atoms with Crippen molar-refractivity contribution in [3.8, 4) is 0 Å². The van der Waals surface area contributed by atoms with Crippen LogP contribution in [0.1, 0.15) is 19.8 Å². The van der Waals surface area contributed by atoms with E-state index in [1.54, 1.807) is 0 Å². The molecule has 46 valence electrons. The van der Waals surface area contributed by atoms with Crippen molar-refractivity contribution in [2.45, 2.75) is 19.8 Å². The third-order valence-electron chi connectivity index (χ3n) is 0.758. The van der Waals surface area contributed by atoms with Crippen LogP contribution in [0, 0.1) is 5.41 Å². The van der Waals surface area contributed by atoms with E-state index in [-0.39, 0.29) is 5.71 Å². The quantitative estimate of drug-likeness (QED) is 0.439. The van der Waals surface area contributed by atoms with Crippen LogP contribution in [-0.2, 0) is 4.79 Å². The lowest BCUT2D eigenvalue weighted by molar-refractivity contribution is -0.105. The van der Waals surface area contributed by atoms with Gasteiger partial charge in [0.25, 0.3) is 0 Å². The van der Waals surface area contributed by atoms with Crippen molar-refractivity contribution in [2.24, 2.45) is 0 Å². The highest BCUT2D eigenvalue weighted by molar-refractivity contribution is 7.98. The van der Waals surface area contributed by atoms with Gasteiger partial charge in [-0.2, -0.15) is 0 Å². The van der Waals surface area contributed by atoms with Gasteiger partial charge in [-0.1, -0.05) is 26.0 Å². The van der Waals surface area contributed by atoms with Crippen molar-refractivity contribution < 1.29 is 4.79 Å². The Kier molecular flexibility index (Phi) is 3.52. The Morgan fingerprint density at radius 2 is 2.25 bits per heavy atom. The molecule has 0 aliphatic carbocycles. The summed E-state index contributed by atoms with van der Waals surface area (Å²) in [7, 11) is 0. The molecule has 0 fully saturated rings. The Labute approximate surface area is 54.2 Å². The van der Waals surface area contributed by atoms with Crippen molar-refractivity contribution in [1.82, 2.24) is 0 Å². The smallest absolute Gasteiger partial charge is 0.229 e. The first-order chi connectivity index (χ1) is 3.68. The standard InChI is InChI=1S/C5H9NOS/c1-2-3-4(6)5(7)8/h6H,2-3H2,1H3,(H,7,8). The van der Waals surface area contributed by atoms with Crippen LogP contribution in [0.25, 0.3) is 0 Å². The van der Waals surface area contributed by atoms with E-state index in [2.05, 4.69) is 12.6 Å². The number of nitrogens with one attached hydrogen (secondary N) is 1. The van der Waals surface area contributed by atoms with E-state index >= 15 is 0 Å². The molecule has 3 heteroatoms. The summed E-state index contributed by atoms with van der Waals surface area (Å²) < 4.78 is 0. The highest BCUT2D eigenvalue weighted by atomic mass is 32.1. The maximum absolute atomic E-state index is 10.2. The van der Waals surface area contributed by atoms with Crippen molar-refractivity contribution in [1.29, 1.82) is 5.41 Å². The first kappa shape index (κ1) is 7.69. The molecule has 0 heterocycles. The Morgan fingerprint density at radius 3 is 2.38 bits per heavy atom. The number of carbonyl (C=O) groups excluding carboxylic acids is 1. The fraction of sp³-hybridized carbons (Fsp3) is 0.600. The van der Waals surface area contributed by atoms with Gasteiger partial charge in [-0.3, -0.25) is 4.79 Å². The van der Waals surface area contributed by atoms with Crippen LogP contribution in [0.5, 0.6) is 0 Å². The van der Waals surface area contributed by atoms with E-state index in [1.165, 1.54) is 0 Å². The van der Waals surface area contributed by atoms with Gasteiger partial charge < -0.3 is 5.41 Å². The largest absolute Gasteiger partial charge is 0.301 e. The maximum atomic E-state index is 10.2. The molecule has 0 aromatic heterocycles. The monoisotopic (exact) mass is 131 g/mol. The van der Waals surface area contributed by atoms with Gasteiger partial charge in [-0.05, 0) is 6.42 Å². The first-order valence-corrected chi connectivity index (χ1v) is 2.94. The van der Waals surface area contributed by atoms with E-state index in [0.29, 0.717) is 6.42 Å². The molecule has 0 unspecified atom stereocenters. The van der Waals surface area contributed by atoms with Gasteiger partial charge in [0.1, 0.15) is 0 Å². The van der Waals surface area contributed by atoms with Crippen molar-refractivity contribution in [3.63, 3.8) is 0 Å². The van der Waals surface area contributed by atoms with Crippen molar-refractivity contribution >= 4 is 23.5 Å². The van der Waals surface area contributed by atoms with E-state index in [4.69, 9.17) is 5.41 Å². The third kappa shape index (κ3) is 2.80. The summed E-state index contributed by atoms with van der Waals surface area (Å²) in [5.74, 6) is 0. The summed E-state index contributed by atoms with van der Waals surface area (Å²) in [6, 6.07) is 0. The highest BCUT2D eigenvalue weighted by Gasteiger charge is 1.99. The molecule has 8 heavy (non-hydrogen) atoms. The predicted molar refractivity (Wildman–Crippen MR) is 36.6 cm³/mol. The van der Waals surface area contributed by atoms with Gasteiger partial charge in [0.2, 0.25) is 5.12 Å². The van der Waals surface area contributed by atoms with Crippen LogP contribution >= 0.6 is 12.6 Å². The lowest BCUT2D eigenvalue weighted by Gasteiger charge is -1.90. The third-order valence-corrected chi connectivity index (χ3v) is 1.03. The first-order valence-electron chi connectivity index (χ1n) is 2.49. The Balaban J connectivity index is 3.49. The molecule has 0 saturated carbocycles. The fourth-order valence-corrected chi connectivity index (χ4v) is 0.469. The van der Waals surface area contributed by atoms with Crippen LogP contribution in [0.4, 0.5) is 0 Å². The number of rotatable bonds is 3. The molecule has 0 aromatic rings. The average molecular weight is 131 g/mol. The predicted octanol–water partition coefficient (Wildman–Crippen LogP) is 1.26. The number of thiol groups is 1. The van der Waals surface area contributed by atoms with Gasteiger partial charge in [-0.25, -0.2) is 0 Å². The molecule has 0 rings (SSSR count). The molecule has 1 N–H and O–H groups in total. The van der Waals surface area contributed by atoms with Crippen LogP contribution in [0.3, 0.4) is 0 Å². The lowest BCUT2D eigenvalue weighted by Crippen LogP contribution is -2.03. The summed E-state index contributed by atoms with van der Waals surface area (Å²) >= 11 is 3.46. The maximum Gasteiger partial charge on any atom is 0.229 e. The van der Waals surface area contributed by atoms with E-state index < -0.39 is 5.12 Å². The Morgan fingerprint density at radius 1 is 1.75 bits per heavy atom. The van der Waals surface area contributed by atoms with Gasteiger partial charge in [-0.15, -0.1) is 0 Å². The summed E-state index contributed by atoms with van der Waals surface area (Å²) in [6.07, 6.45) is 1.38. The minimum Gasteiger partial charge on any atom is -0.301 e. The molecule has 0 amide bonds. The molecular formula is C5H9NOS. The topological polar surface area (TPSA) is 40.9 Å². The van der Waals surface area contributed by atoms with Gasteiger partial charge >= 0.3 is 0 Å². The van der Waals surface area contributed by atoms with Crippen LogP contribution in [-0.4, -0.2) is 10.8 Å². The molecule has 0 atom stereocenters. The van der Waals surface area contributed by atoms with Crippen molar-refractivity contribution in [2.75, 3.05) is 0 Å². The number of carbonyl (C=O) groups is 1. The van der Waals surface area contributed by atoms with Gasteiger partial charge in [0.05, 0.1) is 5.71 Å². The second-order valence-electron chi connectivity index (χ2n) is 1.53. The highest BCUT2D eigenvalue weighted by Crippen LogP contribution is 1.92. The molecule has 0 spiro atoms. The second-order valence-corrected chi connectivity index (χ2v) is 1.94. The van der Waals surface area contributed by atoms with Crippen LogP contribution in [0.15, 0.2) is 0 Å². The summed E-state index contributed by atoms with van der Waals surface area (Å²) in [4.78, 5) is 10.2. The number of hydrogen-bond donors (Lipinski definition) is 2. The summed E-state index contributed by atoms with van der Waals surface area (Å²) in [5, 5.41) is 6.51. The Bertz CT molecular complexity index is 111. The normalized spacial score (nSPS) is 8.75. The number of hydrogen-bond acceptors (Lipinski definition) is 2. The molecule has 0 saturated heterocycles. The minimum atomic E-state index is -0.410. The Hall–Kier alpha value is -0.310. The second kappa shape index (κ2) is 3.66. The van der Waals surface area contributed by atoms with E-state index in [9.17, 15) is 4.79 Å². The zero-order valence-corrected chi connectivity index (χ0v) is 5.66. The SMILES string of the molecule is CCCC(=N)C(=O)S. The van der Waals surface area contributed by atoms with E-state index in [0.717, 1.165) is 6.42 Å². The molecule has 0 bridgehead atoms. The van der Waals surface area contributed by atoms with Crippen molar-refractivity contribution in [3.05, 3.63) is 0 Å². The molecule has 0 aliphatic heterocycles. The van der Waals surface area contributed by atoms with Gasteiger partial charge in [0.15, 0.2) is 0 Å². The molecule has 0 radical (unpaired) electrons. The average Bonchev–Trinajstić information content (AvgIpc) is 1.67. The van der Waals surface area contributed by atoms with Crippen LogP contribution in [0.2, 0.25) is 0 Å².